The standard InChI is InChI=1S/C20H32N2O5.ClH/c1-3-17-5-7-19(8-6-17)27-14-13-25-16-18(23)15-21-9-11-22(12-10-21)20(24)26-4-2;/h5-8,18,23H,3-4,9-16H2,1-2H3;1H. The minimum Gasteiger partial charge on any atom is -0.491 e. The maximum Gasteiger partial charge on any atom is 0.409 e. The molecule has 1 heterocycles. The van der Waals surface area contributed by atoms with Crippen LogP contribution in [0.25, 0.3) is 0 Å². The zero-order chi connectivity index (χ0) is 19.5. The van der Waals surface area contributed by atoms with E-state index in [0.29, 0.717) is 39.5 Å². The lowest BCUT2D eigenvalue weighted by Gasteiger charge is -2.34. The highest BCUT2D eigenvalue weighted by atomic mass is 35.5. The number of halogens is 1. The molecule has 0 radical (unpaired) electrons. The summed E-state index contributed by atoms with van der Waals surface area (Å²) < 4.78 is 16.1. The molecule has 0 spiro atoms. The molecule has 8 heteroatoms. The summed E-state index contributed by atoms with van der Waals surface area (Å²) in [4.78, 5) is 15.5. The van der Waals surface area contributed by atoms with Crippen molar-refractivity contribution in [1.82, 2.24) is 9.80 Å². The van der Waals surface area contributed by atoms with Crippen LogP contribution >= 0.6 is 12.4 Å². The number of rotatable bonds is 10. The summed E-state index contributed by atoms with van der Waals surface area (Å²) in [5, 5.41) is 10.1. The van der Waals surface area contributed by atoms with Crippen LogP contribution in [-0.2, 0) is 15.9 Å². The first-order chi connectivity index (χ1) is 13.1. The summed E-state index contributed by atoms with van der Waals surface area (Å²) >= 11 is 0. The Morgan fingerprint density at radius 3 is 2.39 bits per heavy atom. The van der Waals surface area contributed by atoms with Gasteiger partial charge in [0.1, 0.15) is 12.4 Å². The first kappa shape index (κ1) is 24.5. The van der Waals surface area contributed by atoms with E-state index in [1.807, 2.05) is 12.1 Å². The molecule has 1 aliphatic rings. The van der Waals surface area contributed by atoms with Crippen LogP contribution in [0.5, 0.6) is 5.75 Å². The predicted octanol–water partition coefficient (Wildman–Crippen LogP) is 2.20. The fourth-order valence-electron chi connectivity index (χ4n) is 2.94. The number of aryl methyl sites for hydroxylation is 1. The van der Waals surface area contributed by atoms with E-state index in [9.17, 15) is 9.90 Å². The Morgan fingerprint density at radius 2 is 1.79 bits per heavy atom. The van der Waals surface area contributed by atoms with Crippen molar-refractivity contribution in [3.05, 3.63) is 29.8 Å². The van der Waals surface area contributed by atoms with E-state index < -0.39 is 6.10 Å². The van der Waals surface area contributed by atoms with Crippen LogP contribution in [0.1, 0.15) is 19.4 Å². The number of benzene rings is 1. The van der Waals surface area contributed by atoms with Crippen LogP contribution in [0.2, 0.25) is 0 Å². The number of nitrogens with zero attached hydrogens (tertiary/aromatic N) is 2. The van der Waals surface area contributed by atoms with Gasteiger partial charge in [0.15, 0.2) is 0 Å². The monoisotopic (exact) mass is 416 g/mol. The van der Waals surface area contributed by atoms with Gasteiger partial charge in [0.25, 0.3) is 0 Å². The topological polar surface area (TPSA) is 71.5 Å². The third kappa shape index (κ3) is 8.65. The van der Waals surface area contributed by atoms with E-state index in [4.69, 9.17) is 14.2 Å². The van der Waals surface area contributed by atoms with Crippen molar-refractivity contribution in [3.63, 3.8) is 0 Å². The van der Waals surface area contributed by atoms with Gasteiger partial charge in [-0.2, -0.15) is 0 Å². The van der Waals surface area contributed by atoms with Crippen molar-refractivity contribution < 1.29 is 24.1 Å². The Kier molecular flexibility index (Phi) is 11.9. The molecule has 0 aromatic heterocycles. The van der Waals surface area contributed by atoms with Crippen LogP contribution in [0.4, 0.5) is 4.79 Å². The maximum absolute atomic E-state index is 11.7. The second-order valence-corrected chi connectivity index (χ2v) is 6.56. The quantitative estimate of drug-likeness (QED) is 0.589. The SMILES string of the molecule is CCOC(=O)N1CCN(CC(O)COCCOc2ccc(CC)cc2)CC1.Cl. The molecule has 1 fully saturated rings. The smallest absolute Gasteiger partial charge is 0.409 e. The van der Waals surface area contributed by atoms with Crippen molar-refractivity contribution in [2.24, 2.45) is 0 Å². The second kappa shape index (κ2) is 13.6. The summed E-state index contributed by atoms with van der Waals surface area (Å²) in [6, 6.07) is 8.04. The molecule has 160 valence electrons. The van der Waals surface area contributed by atoms with E-state index >= 15 is 0 Å². The number of aliphatic hydroxyl groups excluding tert-OH is 1. The molecule has 1 aromatic carbocycles. The molecule has 1 aliphatic heterocycles. The molecule has 1 N–H and O–H groups in total. The minimum absolute atomic E-state index is 0. The van der Waals surface area contributed by atoms with Crippen LogP contribution in [0, 0.1) is 0 Å². The molecule has 1 unspecified atom stereocenters. The average Bonchev–Trinajstić information content (AvgIpc) is 2.69. The third-order valence-electron chi connectivity index (χ3n) is 4.51. The summed E-state index contributed by atoms with van der Waals surface area (Å²) in [5.41, 5.74) is 1.28. The van der Waals surface area contributed by atoms with Crippen LogP contribution < -0.4 is 4.74 Å². The second-order valence-electron chi connectivity index (χ2n) is 6.56. The van der Waals surface area contributed by atoms with E-state index in [1.54, 1.807) is 11.8 Å². The number of amides is 1. The van der Waals surface area contributed by atoms with Crippen LogP contribution in [-0.4, -0.2) is 86.3 Å². The van der Waals surface area contributed by atoms with Crippen LogP contribution in [0.3, 0.4) is 0 Å². The number of aliphatic hydroxyl groups is 1. The minimum atomic E-state index is -0.553. The zero-order valence-corrected chi connectivity index (χ0v) is 17.7. The largest absolute Gasteiger partial charge is 0.491 e. The molecule has 7 nitrogen and oxygen atoms in total. The molecular weight excluding hydrogens is 384 g/mol. The Labute approximate surface area is 174 Å². The van der Waals surface area contributed by atoms with E-state index in [-0.39, 0.29) is 25.1 Å². The number of ether oxygens (including phenoxy) is 3. The van der Waals surface area contributed by atoms with E-state index in [0.717, 1.165) is 25.3 Å². The number of carbonyl (C=O) groups is 1. The lowest BCUT2D eigenvalue weighted by molar-refractivity contribution is -0.0000939. The highest BCUT2D eigenvalue weighted by Gasteiger charge is 2.23. The van der Waals surface area contributed by atoms with Crippen molar-refractivity contribution in [2.45, 2.75) is 26.4 Å². The first-order valence-corrected chi connectivity index (χ1v) is 9.74. The van der Waals surface area contributed by atoms with Crippen LogP contribution in [0.15, 0.2) is 24.3 Å². The van der Waals surface area contributed by atoms with Crippen molar-refractivity contribution >= 4 is 18.5 Å². The van der Waals surface area contributed by atoms with Crippen molar-refractivity contribution in [2.75, 3.05) is 59.2 Å². The van der Waals surface area contributed by atoms with Gasteiger partial charge < -0.3 is 24.2 Å². The molecule has 1 aromatic rings. The fraction of sp³-hybridized carbons (Fsp3) is 0.650. The molecular formula is C20H33ClN2O5. The molecule has 1 saturated heterocycles. The van der Waals surface area contributed by atoms with Gasteiger partial charge >= 0.3 is 6.09 Å². The van der Waals surface area contributed by atoms with Crippen molar-refractivity contribution in [1.29, 1.82) is 0 Å². The van der Waals surface area contributed by atoms with Gasteiger partial charge in [0, 0.05) is 32.7 Å². The predicted molar refractivity (Wildman–Crippen MR) is 110 cm³/mol. The normalized spacial score (nSPS) is 15.6. The molecule has 28 heavy (non-hydrogen) atoms. The molecule has 2 rings (SSSR count). The highest BCUT2D eigenvalue weighted by molar-refractivity contribution is 5.85. The zero-order valence-electron chi connectivity index (χ0n) is 16.8. The van der Waals surface area contributed by atoms with Gasteiger partial charge in [-0.3, -0.25) is 4.90 Å². The lowest BCUT2D eigenvalue weighted by Crippen LogP contribution is -2.51. The molecule has 1 amide bonds. The fourth-order valence-corrected chi connectivity index (χ4v) is 2.94. The molecule has 0 saturated carbocycles. The highest BCUT2D eigenvalue weighted by Crippen LogP contribution is 2.12. The summed E-state index contributed by atoms with van der Waals surface area (Å²) in [7, 11) is 0. The molecule has 1 atom stereocenters. The Balaban J connectivity index is 0.00000392. The maximum atomic E-state index is 11.7. The number of β-amino-alcohol motifs (C(OH)–C–C–N with tert-alkyl or cyclic N) is 1. The Morgan fingerprint density at radius 1 is 1.11 bits per heavy atom. The Hall–Kier alpha value is -1.54. The summed E-state index contributed by atoms with van der Waals surface area (Å²) in [5.74, 6) is 0.829. The lowest BCUT2D eigenvalue weighted by atomic mass is 10.2. The average molecular weight is 417 g/mol. The van der Waals surface area contributed by atoms with E-state index in [2.05, 4.69) is 24.0 Å². The van der Waals surface area contributed by atoms with E-state index in [1.165, 1.54) is 5.56 Å². The van der Waals surface area contributed by atoms with Gasteiger partial charge in [-0.1, -0.05) is 19.1 Å². The van der Waals surface area contributed by atoms with Gasteiger partial charge in [0.05, 0.1) is 25.9 Å². The molecule has 0 bridgehead atoms. The van der Waals surface area contributed by atoms with Crippen molar-refractivity contribution in [3.8, 4) is 5.75 Å². The number of carbonyl (C=O) groups excluding carboxylic acids is 1. The van der Waals surface area contributed by atoms with Gasteiger partial charge in [0.2, 0.25) is 0 Å². The Bertz CT molecular complexity index is 550. The number of hydrogen-bond acceptors (Lipinski definition) is 6. The van der Waals surface area contributed by atoms with Gasteiger partial charge in [-0.25, -0.2) is 4.79 Å². The number of piperazine rings is 1. The number of hydrogen-bond donors (Lipinski definition) is 1. The first-order valence-electron chi connectivity index (χ1n) is 9.74. The van der Waals surface area contributed by atoms with Gasteiger partial charge in [-0.15, -0.1) is 12.4 Å². The van der Waals surface area contributed by atoms with Gasteiger partial charge in [-0.05, 0) is 31.0 Å². The third-order valence-corrected chi connectivity index (χ3v) is 4.51. The summed E-state index contributed by atoms with van der Waals surface area (Å²) in [6.45, 7) is 8.72. The summed E-state index contributed by atoms with van der Waals surface area (Å²) in [6.07, 6.45) is 0.201. The molecule has 0 aliphatic carbocycles.